The summed E-state index contributed by atoms with van der Waals surface area (Å²) in [5.74, 6) is -0.909. The molecule has 0 aliphatic carbocycles. The van der Waals surface area contributed by atoms with Crippen molar-refractivity contribution in [2.45, 2.75) is 76.6 Å². The maximum atomic E-state index is 10.4. The van der Waals surface area contributed by atoms with Gasteiger partial charge in [0.2, 0.25) is 0 Å². The maximum Gasteiger partial charge on any atom is 0.303 e. The van der Waals surface area contributed by atoms with Crippen molar-refractivity contribution in [3.8, 4) is 0 Å². The highest BCUT2D eigenvalue weighted by molar-refractivity contribution is 5.66. The van der Waals surface area contributed by atoms with Crippen molar-refractivity contribution in [3.05, 3.63) is 48.6 Å². The molecule has 0 aliphatic heterocycles. The van der Waals surface area contributed by atoms with E-state index >= 15 is 0 Å². The number of hydrogen-bond acceptors (Lipinski definition) is 4. The van der Waals surface area contributed by atoms with Gasteiger partial charge >= 0.3 is 5.97 Å². The third kappa shape index (κ3) is 14.6. The fourth-order valence-corrected chi connectivity index (χ4v) is 2.28. The number of unbranched alkanes of at least 4 members (excludes halogenated alkanes) is 2. The number of rotatable bonds is 14. The number of carboxylic acid groups (broad SMARTS) is 1. The summed E-state index contributed by atoms with van der Waals surface area (Å²) in [6.07, 6.45) is 16.4. The van der Waals surface area contributed by atoms with E-state index in [9.17, 15) is 20.1 Å². The van der Waals surface area contributed by atoms with Gasteiger partial charge in [0.1, 0.15) is 0 Å². The van der Waals surface area contributed by atoms with E-state index in [1.54, 1.807) is 43.4 Å². The molecule has 0 aromatic carbocycles. The molecule has 0 saturated heterocycles. The van der Waals surface area contributed by atoms with Crippen molar-refractivity contribution in [3.63, 3.8) is 0 Å². The van der Waals surface area contributed by atoms with Gasteiger partial charge < -0.3 is 20.4 Å². The zero-order valence-corrected chi connectivity index (χ0v) is 15.9. The minimum atomic E-state index is -1.02. The van der Waals surface area contributed by atoms with Crippen molar-refractivity contribution >= 4 is 5.97 Å². The molecule has 26 heavy (non-hydrogen) atoms. The molecule has 0 saturated carbocycles. The van der Waals surface area contributed by atoms with Crippen LogP contribution in [0.4, 0.5) is 0 Å². The molecule has 0 aromatic rings. The van der Waals surface area contributed by atoms with Gasteiger partial charge in [-0.15, -0.1) is 0 Å². The SMILES string of the molecule is CCCCC[C@](C)(O)/C=C/C=C\C=C\C=C\[C@@H](O)[C@@H](O)CCCC(=O)O. The van der Waals surface area contributed by atoms with Gasteiger partial charge in [-0.05, 0) is 26.2 Å². The highest BCUT2D eigenvalue weighted by Gasteiger charge is 2.14. The number of carboxylic acids is 1. The molecule has 0 aromatic heterocycles. The lowest BCUT2D eigenvalue weighted by molar-refractivity contribution is -0.137. The Morgan fingerprint density at radius 1 is 1.00 bits per heavy atom. The smallest absolute Gasteiger partial charge is 0.303 e. The van der Waals surface area contributed by atoms with Crippen molar-refractivity contribution in [1.29, 1.82) is 0 Å². The Morgan fingerprint density at radius 3 is 2.23 bits per heavy atom. The van der Waals surface area contributed by atoms with Gasteiger partial charge in [0, 0.05) is 6.42 Å². The lowest BCUT2D eigenvalue weighted by Crippen LogP contribution is -2.23. The summed E-state index contributed by atoms with van der Waals surface area (Å²) >= 11 is 0. The van der Waals surface area contributed by atoms with Crippen LogP contribution in [0, 0.1) is 0 Å². The number of allylic oxidation sites excluding steroid dienone is 6. The van der Waals surface area contributed by atoms with Crippen LogP contribution >= 0.6 is 0 Å². The normalized spacial score (nSPS) is 17.4. The Hall–Kier alpha value is -1.69. The molecule has 0 fully saturated rings. The molecule has 5 nitrogen and oxygen atoms in total. The van der Waals surface area contributed by atoms with Gasteiger partial charge in [-0.25, -0.2) is 0 Å². The van der Waals surface area contributed by atoms with Crippen molar-refractivity contribution in [2.24, 2.45) is 0 Å². The fraction of sp³-hybridized carbons (Fsp3) is 0.571. The third-order valence-electron chi connectivity index (χ3n) is 3.89. The van der Waals surface area contributed by atoms with Crippen LogP contribution in [0.15, 0.2) is 48.6 Å². The molecule has 0 amide bonds. The summed E-state index contributed by atoms with van der Waals surface area (Å²) in [6.45, 7) is 3.93. The molecule has 0 radical (unpaired) electrons. The van der Waals surface area contributed by atoms with Crippen LogP contribution in [0.2, 0.25) is 0 Å². The Labute approximate surface area is 157 Å². The van der Waals surface area contributed by atoms with Crippen LogP contribution < -0.4 is 0 Å². The van der Waals surface area contributed by atoms with E-state index in [0.717, 1.165) is 25.7 Å². The van der Waals surface area contributed by atoms with Crippen LogP contribution in [-0.2, 0) is 4.79 Å². The van der Waals surface area contributed by atoms with E-state index < -0.39 is 23.8 Å². The van der Waals surface area contributed by atoms with Crippen molar-refractivity contribution < 1.29 is 25.2 Å². The first-order valence-corrected chi connectivity index (χ1v) is 9.28. The molecular weight excluding hydrogens is 332 g/mol. The zero-order chi connectivity index (χ0) is 19.8. The molecule has 0 rings (SSSR count). The molecule has 148 valence electrons. The summed E-state index contributed by atoms with van der Waals surface area (Å²) in [5.41, 5.74) is -0.788. The second-order valence-corrected chi connectivity index (χ2v) is 6.67. The van der Waals surface area contributed by atoms with E-state index in [1.165, 1.54) is 6.08 Å². The summed E-state index contributed by atoms with van der Waals surface area (Å²) < 4.78 is 0. The molecule has 0 spiro atoms. The molecule has 4 N–H and O–H groups in total. The van der Waals surface area contributed by atoms with E-state index in [1.807, 2.05) is 6.08 Å². The summed E-state index contributed by atoms with van der Waals surface area (Å²) in [4.78, 5) is 10.4. The minimum absolute atomic E-state index is 0.0167. The average Bonchev–Trinajstić information content (AvgIpc) is 2.56. The Morgan fingerprint density at radius 2 is 1.62 bits per heavy atom. The van der Waals surface area contributed by atoms with Gasteiger partial charge in [-0.1, -0.05) is 74.8 Å². The van der Waals surface area contributed by atoms with E-state index in [0.29, 0.717) is 6.42 Å². The summed E-state index contributed by atoms with van der Waals surface area (Å²) in [7, 11) is 0. The molecule has 0 heterocycles. The highest BCUT2D eigenvalue weighted by Crippen LogP contribution is 2.15. The minimum Gasteiger partial charge on any atom is -0.481 e. The second kappa shape index (κ2) is 14.5. The van der Waals surface area contributed by atoms with Gasteiger partial charge in [0.05, 0.1) is 17.8 Å². The first kappa shape index (κ1) is 24.3. The van der Waals surface area contributed by atoms with E-state index in [2.05, 4.69) is 6.92 Å². The molecule has 0 aliphatic rings. The van der Waals surface area contributed by atoms with Crippen LogP contribution in [0.5, 0.6) is 0 Å². The molecule has 0 unspecified atom stereocenters. The van der Waals surface area contributed by atoms with Crippen LogP contribution in [0.25, 0.3) is 0 Å². The second-order valence-electron chi connectivity index (χ2n) is 6.67. The number of aliphatic hydroxyl groups is 3. The van der Waals surface area contributed by atoms with Crippen molar-refractivity contribution in [2.75, 3.05) is 0 Å². The topological polar surface area (TPSA) is 98.0 Å². The van der Waals surface area contributed by atoms with Crippen LogP contribution in [0.3, 0.4) is 0 Å². The Balaban J connectivity index is 4.12. The molecule has 0 bridgehead atoms. The predicted molar refractivity (Wildman–Crippen MR) is 105 cm³/mol. The van der Waals surface area contributed by atoms with E-state index in [-0.39, 0.29) is 12.8 Å². The molecule has 5 heteroatoms. The zero-order valence-electron chi connectivity index (χ0n) is 15.9. The monoisotopic (exact) mass is 366 g/mol. The van der Waals surface area contributed by atoms with Crippen LogP contribution in [-0.4, -0.2) is 44.2 Å². The summed E-state index contributed by atoms with van der Waals surface area (Å²) in [5, 5.41) is 38.1. The highest BCUT2D eigenvalue weighted by atomic mass is 16.4. The lowest BCUT2D eigenvalue weighted by atomic mass is 9.98. The van der Waals surface area contributed by atoms with E-state index in [4.69, 9.17) is 5.11 Å². The van der Waals surface area contributed by atoms with Crippen molar-refractivity contribution in [1.82, 2.24) is 0 Å². The summed E-state index contributed by atoms with van der Waals surface area (Å²) in [6, 6.07) is 0. The lowest BCUT2D eigenvalue weighted by Gasteiger charge is -2.18. The number of hydrogen-bond donors (Lipinski definition) is 4. The number of aliphatic hydroxyl groups excluding tert-OH is 2. The first-order chi connectivity index (χ1) is 12.3. The Kier molecular flexibility index (Phi) is 13.5. The van der Waals surface area contributed by atoms with Gasteiger partial charge in [0.15, 0.2) is 0 Å². The molecule has 3 atom stereocenters. The quantitative estimate of drug-likeness (QED) is 0.278. The largest absolute Gasteiger partial charge is 0.481 e. The number of aliphatic carboxylic acids is 1. The Bertz CT molecular complexity index is 489. The standard InChI is InChI=1S/C21H34O5/c1-3-4-10-16-21(2,26)17-11-8-6-5-7-9-13-18(22)19(23)14-12-15-20(24)25/h5-9,11,13,17-19,22-23,26H,3-4,10,12,14-16H2,1-2H3,(H,24,25)/b7-5+,8-6-,13-9+,17-11+/t18-,19+,21+/m1/s1. The number of carbonyl (C=O) groups is 1. The first-order valence-electron chi connectivity index (χ1n) is 9.28. The van der Waals surface area contributed by atoms with Gasteiger partial charge in [0.25, 0.3) is 0 Å². The predicted octanol–water partition coefficient (Wildman–Crippen LogP) is 3.52. The van der Waals surface area contributed by atoms with Gasteiger partial charge in [-0.2, -0.15) is 0 Å². The average molecular weight is 366 g/mol. The fourth-order valence-electron chi connectivity index (χ4n) is 2.28. The van der Waals surface area contributed by atoms with Gasteiger partial charge in [-0.3, -0.25) is 4.79 Å². The maximum absolute atomic E-state index is 10.4. The molecular formula is C21H34O5. The third-order valence-corrected chi connectivity index (χ3v) is 3.89. The van der Waals surface area contributed by atoms with Crippen LogP contribution in [0.1, 0.15) is 58.8 Å².